The quantitative estimate of drug-likeness (QED) is 0.222. The Hall–Kier alpha value is -3.31. The molecule has 36 heavy (non-hydrogen) atoms. The van der Waals surface area contributed by atoms with E-state index in [-0.39, 0.29) is 12.3 Å². The fraction of sp³-hybridized carbons (Fsp3) is 0.333. The summed E-state index contributed by atoms with van der Waals surface area (Å²) in [4.78, 5) is 17.2. The molecule has 4 aromatic rings. The number of carbonyl (C=O) groups is 1. The van der Waals surface area contributed by atoms with Crippen molar-refractivity contribution in [3.05, 3.63) is 94.8 Å². The predicted octanol–water partition coefficient (Wildman–Crippen LogP) is 6.57. The number of carbonyl (C=O) groups excluding carboxylic acids is 1. The summed E-state index contributed by atoms with van der Waals surface area (Å²) >= 11 is 6.17. The summed E-state index contributed by atoms with van der Waals surface area (Å²) in [6.45, 7) is 6.45. The van der Waals surface area contributed by atoms with E-state index in [1.165, 1.54) is 5.56 Å². The first-order valence-electron chi connectivity index (χ1n) is 12.7. The normalized spacial score (nSPS) is 11.2. The molecule has 0 aliphatic rings. The topological polar surface area (TPSA) is 56.1 Å². The lowest BCUT2D eigenvalue weighted by Gasteiger charge is -2.14. The molecule has 0 atom stereocenters. The van der Waals surface area contributed by atoms with Gasteiger partial charge in [-0.2, -0.15) is 0 Å². The third kappa shape index (κ3) is 6.67. The maximum atomic E-state index is 12.3. The molecule has 0 aliphatic carbocycles. The lowest BCUT2D eigenvalue weighted by atomic mass is 10.0. The Morgan fingerprint density at radius 3 is 2.58 bits per heavy atom. The van der Waals surface area contributed by atoms with Gasteiger partial charge in [-0.25, -0.2) is 4.98 Å². The summed E-state index contributed by atoms with van der Waals surface area (Å²) in [6.07, 6.45) is 2.78. The van der Waals surface area contributed by atoms with Gasteiger partial charge in [-0.15, -0.1) is 0 Å². The molecule has 1 amide bonds. The number of nitrogens with one attached hydrogen (secondary N) is 1. The van der Waals surface area contributed by atoms with Crippen LogP contribution in [-0.4, -0.2) is 28.6 Å². The fourth-order valence-electron chi connectivity index (χ4n) is 4.41. The van der Waals surface area contributed by atoms with E-state index in [2.05, 4.69) is 54.1 Å². The highest BCUT2D eigenvalue weighted by Crippen LogP contribution is 2.26. The largest absolute Gasteiger partial charge is 0.493 e. The van der Waals surface area contributed by atoms with Crippen LogP contribution in [0.15, 0.2) is 72.8 Å². The molecule has 0 fully saturated rings. The standard InChI is InChI=1S/C30H34ClN3O2/c1-22(2)24-12-4-8-16-28(24)36-20-10-19-34-27-15-7-6-14-26(27)33-29(34)17-9-18-32-30(35)21-23-11-3-5-13-25(23)31/h3-8,11-16,22H,9-10,17-21H2,1-2H3,(H,32,35). The highest BCUT2D eigenvalue weighted by Gasteiger charge is 2.12. The van der Waals surface area contributed by atoms with E-state index in [1.54, 1.807) is 0 Å². The zero-order chi connectivity index (χ0) is 25.3. The van der Waals surface area contributed by atoms with Crippen molar-refractivity contribution in [2.24, 2.45) is 0 Å². The molecule has 188 valence electrons. The molecular weight excluding hydrogens is 470 g/mol. The maximum absolute atomic E-state index is 12.3. The Bertz CT molecular complexity index is 1300. The second-order valence-electron chi connectivity index (χ2n) is 9.28. The van der Waals surface area contributed by atoms with Crippen molar-refractivity contribution in [2.45, 2.75) is 52.0 Å². The first-order chi connectivity index (χ1) is 17.5. The molecule has 5 nitrogen and oxygen atoms in total. The van der Waals surface area contributed by atoms with Crippen molar-refractivity contribution in [1.82, 2.24) is 14.9 Å². The van der Waals surface area contributed by atoms with Crippen LogP contribution >= 0.6 is 11.6 Å². The van der Waals surface area contributed by atoms with Crippen LogP contribution in [0, 0.1) is 0 Å². The van der Waals surface area contributed by atoms with Crippen molar-refractivity contribution in [3.8, 4) is 5.75 Å². The highest BCUT2D eigenvalue weighted by molar-refractivity contribution is 6.31. The summed E-state index contributed by atoms with van der Waals surface area (Å²) in [5, 5.41) is 3.64. The average Bonchev–Trinajstić information content (AvgIpc) is 3.23. The lowest BCUT2D eigenvalue weighted by molar-refractivity contribution is -0.120. The second kappa shape index (κ2) is 12.6. The van der Waals surface area contributed by atoms with Crippen LogP contribution in [0.1, 0.15) is 49.6 Å². The van der Waals surface area contributed by atoms with Gasteiger partial charge in [0.15, 0.2) is 0 Å². The Balaban J connectivity index is 1.31. The number of aromatic nitrogens is 2. The van der Waals surface area contributed by atoms with Gasteiger partial charge >= 0.3 is 0 Å². The predicted molar refractivity (Wildman–Crippen MR) is 147 cm³/mol. The summed E-state index contributed by atoms with van der Waals surface area (Å²) in [5.74, 6) is 2.42. The second-order valence-corrected chi connectivity index (χ2v) is 9.69. The van der Waals surface area contributed by atoms with Crippen LogP contribution in [0.2, 0.25) is 5.02 Å². The monoisotopic (exact) mass is 503 g/mol. The first-order valence-corrected chi connectivity index (χ1v) is 13.1. The van der Waals surface area contributed by atoms with Gasteiger partial charge in [0.25, 0.3) is 0 Å². The molecule has 0 saturated carbocycles. The molecular formula is C30H34ClN3O2. The fourth-order valence-corrected chi connectivity index (χ4v) is 4.61. The minimum absolute atomic E-state index is 0.0181. The van der Waals surface area contributed by atoms with Gasteiger partial charge < -0.3 is 14.6 Å². The molecule has 0 bridgehead atoms. The van der Waals surface area contributed by atoms with Gasteiger partial charge in [0.2, 0.25) is 5.91 Å². The van der Waals surface area contributed by atoms with Gasteiger partial charge in [-0.05, 0) is 54.2 Å². The number of amides is 1. The van der Waals surface area contributed by atoms with E-state index >= 15 is 0 Å². The van der Waals surface area contributed by atoms with Crippen molar-refractivity contribution >= 4 is 28.5 Å². The molecule has 0 unspecified atom stereocenters. The molecule has 6 heteroatoms. The van der Waals surface area contributed by atoms with Crippen LogP contribution < -0.4 is 10.1 Å². The Morgan fingerprint density at radius 1 is 1.00 bits per heavy atom. The van der Waals surface area contributed by atoms with E-state index < -0.39 is 0 Å². The summed E-state index contributed by atoms with van der Waals surface area (Å²) in [6, 6.07) is 24.0. The first kappa shape index (κ1) is 25.8. The van der Waals surface area contributed by atoms with Crippen LogP contribution in [0.4, 0.5) is 0 Å². The number of ether oxygens (including phenoxy) is 1. The van der Waals surface area contributed by atoms with E-state index in [4.69, 9.17) is 21.3 Å². The van der Waals surface area contributed by atoms with E-state index in [9.17, 15) is 4.79 Å². The van der Waals surface area contributed by atoms with E-state index in [1.807, 2.05) is 42.5 Å². The minimum atomic E-state index is -0.0181. The van der Waals surface area contributed by atoms with Gasteiger partial charge in [-0.1, -0.05) is 74.0 Å². The summed E-state index contributed by atoms with van der Waals surface area (Å²) in [7, 11) is 0. The molecule has 1 aromatic heterocycles. The number of imidazole rings is 1. The van der Waals surface area contributed by atoms with Crippen molar-refractivity contribution in [1.29, 1.82) is 0 Å². The molecule has 3 aromatic carbocycles. The average molecular weight is 504 g/mol. The Morgan fingerprint density at radius 2 is 1.75 bits per heavy atom. The van der Waals surface area contributed by atoms with Gasteiger partial charge in [0.1, 0.15) is 11.6 Å². The maximum Gasteiger partial charge on any atom is 0.224 e. The Kier molecular flexibility index (Phi) is 9.01. The van der Waals surface area contributed by atoms with Crippen LogP contribution in [0.25, 0.3) is 11.0 Å². The van der Waals surface area contributed by atoms with Crippen molar-refractivity contribution in [3.63, 3.8) is 0 Å². The molecule has 4 rings (SSSR count). The number of hydrogen-bond acceptors (Lipinski definition) is 3. The number of para-hydroxylation sites is 3. The number of halogens is 1. The molecule has 1 N–H and O–H groups in total. The number of hydrogen-bond donors (Lipinski definition) is 1. The molecule has 0 spiro atoms. The molecule has 0 saturated heterocycles. The molecule has 1 heterocycles. The van der Waals surface area contributed by atoms with Gasteiger partial charge in [-0.3, -0.25) is 4.79 Å². The van der Waals surface area contributed by atoms with E-state index in [0.29, 0.717) is 24.1 Å². The molecule has 0 aliphatic heterocycles. The number of nitrogens with zero attached hydrogens (tertiary/aromatic N) is 2. The molecule has 0 radical (unpaired) electrons. The zero-order valence-corrected chi connectivity index (χ0v) is 21.8. The number of benzene rings is 3. The van der Waals surface area contributed by atoms with Crippen molar-refractivity contribution < 1.29 is 9.53 Å². The van der Waals surface area contributed by atoms with Crippen LogP contribution in [-0.2, 0) is 24.2 Å². The third-order valence-electron chi connectivity index (χ3n) is 6.27. The minimum Gasteiger partial charge on any atom is -0.493 e. The van der Waals surface area contributed by atoms with E-state index in [0.717, 1.165) is 54.0 Å². The highest BCUT2D eigenvalue weighted by atomic mass is 35.5. The van der Waals surface area contributed by atoms with Gasteiger partial charge in [0.05, 0.1) is 24.1 Å². The summed E-state index contributed by atoms with van der Waals surface area (Å²) < 4.78 is 8.43. The number of rotatable bonds is 12. The number of fused-ring (bicyclic) bond motifs is 1. The zero-order valence-electron chi connectivity index (χ0n) is 21.0. The van der Waals surface area contributed by atoms with Gasteiger partial charge in [0, 0.05) is 24.5 Å². The van der Waals surface area contributed by atoms with Crippen LogP contribution in [0.5, 0.6) is 5.75 Å². The lowest BCUT2D eigenvalue weighted by Crippen LogP contribution is -2.26. The summed E-state index contributed by atoms with van der Waals surface area (Å²) in [5.41, 5.74) is 4.22. The number of aryl methyl sites for hydroxylation is 2. The van der Waals surface area contributed by atoms with Crippen molar-refractivity contribution in [2.75, 3.05) is 13.2 Å². The smallest absolute Gasteiger partial charge is 0.224 e. The SMILES string of the molecule is CC(C)c1ccccc1OCCCn1c(CCCNC(=O)Cc2ccccc2Cl)nc2ccccc21. The van der Waals surface area contributed by atoms with Crippen LogP contribution in [0.3, 0.4) is 0 Å². The Labute approximate surface area is 218 Å². The third-order valence-corrected chi connectivity index (χ3v) is 6.64.